The predicted octanol–water partition coefficient (Wildman–Crippen LogP) is 4.16. The average molecular weight is 402 g/mol. The first kappa shape index (κ1) is 20.6. The Morgan fingerprint density at radius 1 is 0.769 bits per heavy atom. The van der Waals surface area contributed by atoms with Gasteiger partial charge in [-0.05, 0) is 37.1 Å². The molecule has 2 N–H and O–H groups in total. The largest absolute Gasteiger partial charge is 0.596 e. The van der Waals surface area contributed by atoms with Crippen LogP contribution in [0.1, 0.15) is 12.8 Å². The van der Waals surface area contributed by atoms with Gasteiger partial charge in [-0.25, -0.2) is 9.13 Å². The van der Waals surface area contributed by atoms with Crippen LogP contribution in [0.4, 0.5) is 0 Å². The molecule has 2 aromatic carbocycles. The summed E-state index contributed by atoms with van der Waals surface area (Å²) < 4.78 is 42.5. The van der Waals surface area contributed by atoms with Gasteiger partial charge in [0.1, 0.15) is 11.5 Å². The summed E-state index contributed by atoms with van der Waals surface area (Å²) in [6, 6.07) is 15.6. The molecule has 1 fully saturated rings. The Hall–Kier alpha value is -1.66. The van der Waals surface area contributed by atoms with E-state index in [2.05, 4.69) is 4.31 Å². The third kappa shape index (κ3) is 8.15. The van der Waals surface area contributed by atoms with Crippen LogP contribution in [-0.4, -0.2) is 23.0 Å². The van der Waals surface area contributed by atoms with Gasteiger partial charge >= 0.3 is 15.6 Å². The maximum Gasteiger partial charge on any atom is 0.596 e. The molecular formula is C16H20O8P2. The number of phosphoric ester groups is 1. The summed E-state index contributed by atoms with van der Waals surface area (Å²) >= 11 is 0. The molecule has 142 valence electrons. The highest BCUT2D eigenvalue weighted by Crippen LogP contribution is 2.60. The summed E-state index contributed by atoms with van der Waals surface area (Å²) in [5, 5.41) is 0. The Balaban J connectivity index is 0.000000417. The Morgan fingerprint density at radius 2 is 1.19 bits per heavy atom. The highest BCUT2D eigenvalue weighted by atomic mass is 31.3. The van der Waals surface area contributed by atoms with Gasteiger partial charge < -0.3 is 23.6 Å². The quantitative estimate of drug-likeness (QED) is 0.693. The average Bonchev–Trinajstić information content (AvgIpc) is 3.14. The fraction of sp³-hybridized carbons (Fsp3) is 0.250. The minimum atomic E-state index is -5.07. The number of phosphoric acid groups is 2. The first-order valence-electron chi connectivity index (χ1n) is 7.80. The van der Waals surface area contributed by atoms with E-state index < -0.39 is 15.6 Å². The van der Waals surface area contributed by atoms with Gasteiger partial charge in [-0.15, -0.1) is 0 Å². The molecule has 2 aromatic rings. The fourth-order valence-corrected chi connectivity index (χ4v) is 4.02. The molecule has 0 amide bonds. The Bertz CT molecular complexity index is 690. The van der Waals surface area contributed by atoms with E-state index in [1.54, 1.807) is 36.4 Å². The number of benzene rings is 2. The Morgan fingerprint density at radius 3 is 1.50 bits per heavy atom. The lowest BCUT2D eigenvalue weighted by Gasteiger charge is -2.18. The van der Waals surface area contributed by atoms with Crippen molar-refractivity contribution in [2.75, 3.05) is 13.2 Å². The van der Waals surface area contributed by atoms with Gasteiger partial charge in [-0.3, -0.25) is 0 Å². The lowest BCUT2D eigenvalue weighted by Crippen LogP contribution is -2.03. The van der Waals surface area contributed by atoms with Crippen molar-refractivity contribution in [3.8, 4) is 11.5 Å². The van der Waals surface area contributed by atoms with E-state index in [4.69, 9.17) is 23.6 Å². The zero-order chi connectivity index (χ0) is 18.9. The minimum absolute atomic E-state index is 0.0882. The summed E-state index contributed by atoms with van der Waals surface area (Å²) in [6.07, 6.45) is 2.56. The molecule has 1 aliphatic heterocycles. The third-order valence-corrected chi connectivity index (χ3v) is 5.47. The summed E-state index contributed by atoms with van der Waals surface area (Å²) in [7, 11) is -9.62. The topological polar surface area (TPSA) is 112 Å². The monoisotopic (exact) mass is 402 g/mol. The van der Waals surface area contributed by atoms with Crippen LogP contribution in [-0.2, 0) is 18.2 Å². The zero-order valence-corrected chi connectivity index (χ0v) is 15.6. The fourth-order valence-electron chi connectivity index (χ4n) is 1.91. The van der Waals surface area contributed by atoms with E-state index in [-0.39, 0.29) is 11.5 Å². The second kappa shape index (κ2) is 9.88. The molecule has 26 heavy (non-hydrogen) atoms. The third-order valence-electron chi connectivity index (χ3n) is 2.95. The SMILES string of the molecule is C1CCOC1.O=P(O)(O)OP(=O)(Oc1ccccc1)Oc1ccccc1. The smallest absolute Gasteiger partial charge is 0.395 e. The van der Waals surface area contributed by atoms with E-state index in [9.17, 15) is 9.13 Å². The van der Waals surface area contributed by atoms with Crippen LogP contribution in [0.2, 0.25) is 0 Å². The highest BCUT2D eigenvalue weighted by molar-refractivity contribution is 7.61. The minimum Gasteiger partial charge on any atom is -0.395 e. The van der Waals surface area contributed by atoms with Crippen LogP contribution < -0.4 is 9.05 Å². The number of rotatable bonds is 6. The van der Waals surface area contributed by atoms with Crippen molar-refractivity contribution in [1.82, 2.24) is 0 Å². The first-order chi connectivity index (χ1) is 12.4. The van der Waals surface area contributed by atoms with Gasteiger partial charge in [0.2, 0.25) is 0 Å². The number of hydrogen-bond acceptors (Lipinski definition) is 6. The second-order valence-electron chi connectivity index (χ2n) is 5.15. The molecule has 0 aliphatic carbocycles. The molecule has 0 bridgehead atoms. The number of hydrogen-bond donors (Lipinski definition) is 2. The van der Waals surface area contributed by atoms with Gasteiger partial charge in [0, 0.05) is 13.2 Å². The van der Waals surface area contributed by atoms with Gasteiger partial charge in [0.15, 0.2) is 0 Å². The van der Waals surface area contributed by atoms with Crippen LogP contribution >= 0.6 is 15.6 Å². The molecule has 10 heteroatoms. The highest BCUT2D eigenvalue weighted by Gasteiger charge is 2.39. The van der Waals surface area contributed by atoms with Crippen molar-refractivity contribution >= 4 is 15.6 Å². The van der Waals surface area contributed by atoms with Gasteiger partial charge in [-0.1, -0.05) is 36.4 Å². The molecule has 0 saturated carbocycles. The second-order valence-corrected chi connectivity index (χ2v) is 8.04. The van der Waals surface area contributed by atoms with Crippen molar-refractivity contribution in [2.24, 2.45) is 0 Å². The van der Waals surface area contributed by atoms with Gasteiger partial charge in [0.05, 0.1) is 0 Å². The van der Waals surface area contributed by atoms with Crippen LogP contribution in [0.3, 0.4) is 0 Å². The van der Waals surface area contributed by atoms with Crippen LogP contribution in [0.5, 0.6) is 11.5 Å². The van der Waals surface area contributed by atoms with Crippen LogP contribution in [0.25, 0.3) is 0 Å². The molecule has 8 nitrogen and oxygen atoms in total. The number of ether oxygens (including phenoxy) is 1. The molecule has 1 aliphatic rings. The normalized spacial score (nSPS) is 14.2. The van der Waals surface area contributed by atoms with Gasteiger partial charge in [-0.2, -0.15) is 4.31 Å². The molecule has 0 spiro atoms. The molecule has 0 radical (unpaired) electrons. The lowest BCUT2D eigenvalue weighted by atomic mass is 10.3. The van der Waals surface area contributed by atoms with Crippen molar-refractivity contribution in [2.45, 2.75) is 12.8 Å². The van der Waals surface area contributed by atoms with E-state index in [0.29, 0.717) is 0 Å². The van der Waals surface area contributed by atoms with Crippen LogP contribution in [0.15, 0.2) is 60.7 Å². The molecule has 0 aromatic heterocycles. The Kier molecular flexibility index (Phi) is 7.85. The first-order valence-corrected chi connectivity index (χ1v) is 10.8. The maximum atomic E-state index is 12.4. The summed E-state index contributed by atoms with van der Waals surface area (Å²) in [5.41, 5.74) is 0. The van der Waals surface area contributed by atoms with Crippen molar-refractivity contribution in [3.63, 3.8) is 0 Å². The molecule has 0 unspecified atom stereocenters. The molecule has 1 heterocycles. The molecule has 3 rings (SSSR count). The van der Waals surface area contributed by atoms with E-state index in [0.717, 1.165) is 13.2 Å². The van der Waals surface area contributed by atoms with E-state index in [1.165, 1.54) is 37.1 Å². The van der Waals surface area contributed by atoms with Gasteiger partial charge in [0.25, 0.3) is 0 Å². The van der Waals surface area contributed by atoms with Crippen LogP contribution in [0, 0.1) is 0 Å². The molecule has 0 atom stereocenters. The Labute approximate surface area is 151 Å². The van der Waals surface area contributed by atoms with E-state index in [1.807, 2.05) is 0 Å². The maximum absolute atomic E-state index is 12.4. The molecular weight excluding hydrogens is 382 g/mol. The number of para-hydroxylation sites is 2. The lowest BCUT2D eigenvalue weighted by molar-refractivity contribution is 0.198. The molecule has 1 saturated heterocycles. The van der Waals surface area contributed by atoms with Crippen molar-refractivity contribution in [1.29, 1.82) is 0 Å². The zero-order valence-electron chi connectivity index (χ0n) is 13.8. The van der Waals surface area contributed by atoms with Crippen molar-refractivity contribution in [3.05, 3.63) is 60.7 Å². The van der Waals surface area contributed by atoms with E-state index >= 15 is 0 Å². The van der Waals surface area contributed by atoms with Crippen molar-refractivity contribution < 1.29 is 37.0 Å². The summed E-state index contributed by atoms with van der Waals surface area (Å²) in [6.45, 7) is 2.00. The summed E-state index contributed by atoms with van der Waals surface area (Å²) in [4.78, 5) is 17.7. The predicted molar refractivity (Wildman–Crippen MR) is 94.9 cm³/mol. The standard InChI is InChI=1S/C12H12O7P2.C4H8O/c13-20(14,15)19-21(16,17-11-7-3-1-4-8-11)18-12-9-5-2-6-10-12;1-2-4-5-3-1/h1-10H,(H2,13,14,15);1-4H2. The summed E-state index contributed by atoms with van der Waals surface area (Å²) in [5.74, 6) is 0.176.